The minimum atomic E-state index is -1.14. The summed E-state index contributed by atoms with van der Waals surface area (Å²) in [5.74, 6) is -2.61. The second kappa shape index (κ2) is 7.84. The molecule has 0 aromatic heterocycles. The van der Waals surface area contributed by atoms with E-state index in [1.54, 1.807) is 19.1 Å². The van der Waals surface area contributed by atoms with E-state index in [0.29, 0.717) is 17.5 Å². The molecule has 0 aliphatic carbocycles. The lowest BCUT2D eigenvalue weighted by Crippen LogP contribution is -2.07. The van der Waals surface area contributed by atoms with Crippen molar-refractivity contribution in [3.63, 3.8) is 0 Å². The van der Waals surface area contributed by atoms with E-state index in [2.05, 4.69) is 0 Å². The molecule has 0 aliphatic heterocycles. The molecule has 0 aliphatic rings. The Morgan fingerprint density at radius 3 is 2.52 bits per heavy atom. The van der Waals surface area contributed by atoms with Gasteiger partial charge in [0.25, 0.3) is 0 Å². The van der Waals surface area contributed by atoms with Gasteiger partial charge in [-0.15, -0.1) is 0 Å². The zero-order valence-corrected chi connectivity index (χ0v) is 11.5. The Bertz CT molecular complexity index is 574. The lowest BCUT2D eigenvalue weighted by atomic mass is 10.0. The molecule has 2 N–H and O–H groups in total. The lowest BCUT2D eigenvalue weighted by Gasteiger charge is -2.08. The smallest absolute Gasteiger partial charge is 0.338 e. The average molecular weight is 292 g/mol. The first kappa shape index (κ1) is 16.4. The molecule has 0 saturated heterocycles. The van der Waals surface area contributed by atoms with Crippen LogP contribution in [0, 0.1) is 0 Å². The van der Waals surface area contributed by atoms with Crippen LogP contribution in [0.3, 0.4) is 0 Å². The zero-order valence-electron chi connectivity index (χ0n) is 11.5. The zero-order chi connectivity index (χ0) is 15.8. The molecule has 0 unspecified atom stereocenters. The molecule has 0 heterocycles. The summed E-state index contributed by atoms with van der Waals surface area (Å²) in [6.07, 6.45) is 2.46. The van der Waals surface area contributed by atoms with Crippen LogP contribution in [0.4, 0.5) is 0 Å². The number of carboxylic acid groups (broad SMARTS) is 2. The highest BCUT2D eigenvalue weighted by molar-refractivity contribution is 5.95. The Kier molecular flexibility index (Phi) is 6.13. The van der Waals surface area contributed by atoms with Crippen LogP contribution in [-0.4, -0.2) is 34.7 Å². The molecular weight excluding hydrogens is 276 g/mol. The van der Waals surface area contributed by atoms with Crippen LogP contribution in [0.1, 0.15) is 34.8 Å². The maximum absolute atomic E-state index is 11.8. The standard InChI is InChI=1S/C15H16O6/c1-2-21-15(20)12-6-3-10(4-7-13(16)17)9-11(12)5-8-14(18)19/h3,5-6,8-9H,2,4,7H2,1H3,(H,16,17)(H,18,19)/b8-5+. The summed E-state index contributed by atoms with van der Waals surface area (Å²) in [4.78, 5) is 33.0. The first-order chi connectivity index (χ1) is 9.93. The normalized spacial score (nSPS) is 10.5. The summed E-state index contributed by atoms with van der Waals surface area (Å²) in [6, 6.07) is 4.73. The molecule has 6 heteroatoms. The third-order valence-electron chi connectivity index (χ3n) is 2.64. The number of rotatable bonds is 7. The predicted molar refractivity (Wildman–Crippen MR) is 75.0 cm³/mol. The van der Waals surface area contributed by atoms with Gasteiger partial charge in [0.05, 0.1) is 12.2 Å². The summed E-state index contributed by atoms with van der Waals surface area (Å²) < 4.78 is 4.90. The number of benzene rings is 1. The second-order valence-corrected chi connectivity index (χ2v) is 4.21. The quantitative estimate of drug-likeness (QED) is 0.588. The van der Waals surface area contributed by atoms with Crippen molar-refractivity contribution in [3.8, 4) is 0 Å². The minimum Gasteiger partial charge on any atom is -0.481 e. The van der Waals surface area contributed by atoms with Crippen molar-refractivity contribution in [1.82, 2.24) is 0 Å². The fraction of sp³-hybridized carbons (Fsp3) is 0.267. The van der Waals surface area contributed by atoms with Crippen molar-refractivity contribution in [2.24, 2.45) is 0 Å². The number of carbonyl (C=O) groups excluding carboxylic acids is 1. The van der Waals surface area contributed by atoms with Crippen molar-refractivity contribution < 1.29 is 29.3 Å². The highest BCUT2D eigenvalue weighted by atomic mass is 16.5. The van der Waals surface area contributed by atoms with Crippen LogP contribution >= 0.6 is 0 Å². The molecule has 0 fully saturated rings. The van der Waals surface area contributed by atoms with E-state index < -0.39 is 17.9 Å². The Labute approximate surface area is 121 Å². The maximum Gasteiger partial charge on any atom is 0.338 e. The Hall–Kier alpha value is -2.63. The number of hydrogen-bond donors (Lipinski definition) is 2. The number of aliphatic carboxylic acids is 2. The molecule has 0 spiro atoms. The van der Waals surface area contributed by atoms with Gasteiger partial charge in [0.2, 0.25) is 0 Å². The third kappa shape index (κ3) is 5.48. The maximum atomic E-state index is 11.8. The molecule has 0 saturated carbocycles. The largest absolute Gasteiger partial charge is 0.481 e. The molecule has 0 amide bonds. The topological polar surface area (TPSA) is 101 Å². The fourth-order valence-electron chi connectivity index (χ4n) is 1.71. The van der Waals surface area contributed by atoms with Crippen molar-refractivity contribution >= 4 is 24.0 Å². The van der Waals surface area contributed by atoms with Crippen LogP contribution in [-0.2, 0) is 20.7 Å². The monoisotopic (exact) mass is 292 g/mol. The van der Waals surface area contributed by atoms with Crippen LogP contribution in [0.5, 0.6) is 0 Å². The van der Waals surface area contributed by atoms with E-state index in [0.717, 1.165) is 6.08 Å². The predicted octanol–water partition coefficient (Wildman–Crippen LogP) is 1.98. The number of carboxylic acids is 2. The van der Waals surface area contributed by atoms with Gasteiger partial charge in [0, 0.05) is 12.5 Å². The average Bonchev–Trinajstić information content (AvgIpc) is 2.43. The van der Waals surface area contributed by atoms with Crippen molar-refractivity contribution in [2.45, 2.75) is 19.8 Å². The SMILES string of the molecule is CCOC(=O)c1ccc(CCC(=O)O)cc1/C=C/C(=O)O. The van der Waals surface area contributed by atoms with Gasteiger partial charge in [0.1, 0.15) is 0 Å². The van der Waals surface area contributed by atoms with Gasteiger partial charge in [-0.1, -0.05) is 12.1 Å². The van der Waals surface area contributed by atoms with Gasteiger partial charge in [-0.05, 0) is 36.6 Å². The van der Waals surface area contributed by atoms with E-state index in [-0.39, 0.29) is 18.6 Å². The Morgan fingerprint density at radius 1 is 1.24 bits per heavy atom. The summed E-state index contributed by atoms with van der Waals surface area (Å²) in [5, 5.41) is 17.3. The molecular formula is C15H16O6. The molecule has 1 aromatic carbocycles. The Morgan fingerprint density at radius 2 is 1.95 bits per heavy atom. The molecule has 21 heavy (non-hydrogen) atoms. The van der Waals surface area contributed by atoms with Crippen molar-refractivity contribution in [1.29, 1.82) is 0 Å². The molecule has 6 nitrogen and oxygen atoms in total. The number of carbonyl (C=O) groups is 3. The molecule has 0 atom stereocenters. The van der Waals surface area contributed by atoms with E-state index in [9.17, 15) is 14.4 Å². The van der Waals surface area contributed by atoms with Crippen LogP contribution in [0.15, 0.2) is 24.3 Å². The fourth-order valence-corrected chi connectivity index (χ4v) is 1.71. The van der Waals surface area contributed by atoms with Crippen LogP contribution < -0.4 is 0 Å². The van der Waals surface area contributed by atoms with E-state index in [1.807, 2.05) is 0 Å². The summed E-state index contributed by atoms with van der Waals surface area (Å²) in [7, 11) is 0. The van der Waals surface area contributed by atoms with Gasteiger partial charge < -0.3 is 14.9 Å². The second-order valence-electron chi connectivity index (χ2n) is 4.21. The van der Waals surface area contributed by atoms with Gasteiger partial charge in [-0.2, -0.15) is 0 Å². The molecule has 1 rings (SSSR count). The summed E-state index contributed by atoms with van der Waals surface area (Å²) in [5.41, 5.74) is 1.34. The first-order valence-electron chi connectivity index (χ1n) is 6.37. The number of esters is 1. The highest BCUT2D eigenvalue weighted by Gasteiger charge is 2.12. The van der Waals surface area contributed by atoms with Gasteiger partial charge in [0.15, 0.2) is 0 Å². The minimum absolute atomic E-state index is 0.0408. The van der Waals surface area contributed by atoms with Crippen LogP contribution in [0.2, 0.25) is 0 Å². The van der Waals surface area contributed by atoms with Gasteiger partial charge in [-0.25, -0.2) is 9.59 Å². The summed E-state index contributed by atoms with van der Waals surface area (Å²) in [6.45, 7) is 1.88. The van der Waals surface area contributed by atoms with Crippen molar-refractivity contribution in [3.05, 3.63) is 41.0 Å². The number of aryl methyl sites for hydroxylation is 1. The van der Waals surface area contributed by atoms with E-state index >= 15 is 0 Å². The first-order valence-corrected chi connectivity index (χ1v) is 6.37. The van der Waals surface area contributed by atoms with Crippen molar-refractivity contribution in [2.75, 3.05) is 6.61 Å². The van der Waals surface area contributed by atoms with Gasteiger partial charge in [-0.3, -0.25) is 4.79 Å². The van der Waals surface area contributed by atoms with Crippen LogP contribution in [0.25, 0.3) is 6.08 Å². The molecule has 0 radical (unpaired) electrons. The molecule has 112 valence electrons. The number of hydrogen-bond acceptors (Lipinski definition) is 4. The lowest BCUT2D eigenvalue weighted by molar-refractivity contribution is -0.137. The molecule has 0 bridgehead atoms. The van der Waals surface area contributed by atoms with E-state index in [1.165, 1.54) is 12.1 Å². The highest BCUT2D eigenvalue weighted by Crippen LogP contribution is 2.17. The van der Waals surface area contributed by atoms with E-state index in [4.69, 9.17) is 14.9 Å². The summed E-state index contributed by atoms with van der Waals surface area (Å²) >= 11 is 0. The molecule has 1 aromatic rings. The van der Waals surface area contributed by atoms with Gasteiger partial charge >= 0.3 is 17.9 Å². The number of ether oxygens (including phenoxy) is 1. The third-order valence-corrected chi connectivity index (χ3v) is 2.64. The Balaban J connectivity index is 3.09.